The monoisotopic (exact) mass is 243 g/mol. The summed E-state index contributed by atoms with van der Waals surface area (Å²) in [6.45, 7) is 3.74. The Morgan fingerprint density at radius 3 is 2.47 bits per heavy atom. The van der Waals surface area contributed by atoms with E-state index < -0.39 is 5.41 Å². The zero-order valence-electron chi connectivity index (χ0n) is 10.6. The van der Waals surface area contributed by atoms with Crippen LogP contribution in [0, 0.1) is 21.4 Å². The predicted octanol–water partition coefficient (Wildman–Crippen LogP) is 2.41. The number of ether oxygens (including phenoxy) is 1. The largest absolute Gasteiger partial charge is 0.466 e. The summed E-state index contributed by atoms with van der Waals surface area (Å²) in [5.74, 6) is -0.676. The molecule has 5 nitrogen and oxygen atoms in total. The van der Waals surface area contributed by atoms with Crippen LogP contribution in [-0.2, 0) is 9.53 Å². The maximum atomic E-state index is 11.8. The molecule has 1 saturated carbocycles. The quantitative estimate of drug-likeness (QED) is 0.422. The Labute approximate surface area is 102 Å². The minimum Gasteiger partial charge on any atom is -0.466 e. The van der Waals surface area contributed by atoms with Crippen molar-refractivity contribution >= 4 is 5.97 Å². The van der Waals surface area contributed by atoms with E-state index in [0.717, 1.165) is 32.1 Å². The molecule has 0 aliphatic heterocycles. The van der Waals surface area contributed by atoms with Gasteiger partial charge in [-0.05, 0) is 19.8 Å². The second-order valence-electron chi connectivity index (χ2n) is 4.89. The highest BCUT2D eigenvalue weighted by molar-refractivity contribution is 5.73. The van der Waals surface area contributed by atoms with Crippen molar-refractivity contribution in [2.24, 2.45) is 11.3 Å². The number of esters is 1. The number of carbonyl (C=O) groups excluding carboxylic acids is 1. The lowest BCUT2D eigenvalue weighted by molar-refractivity contribution is -0.501. The Morgan fingerprint density at radius 2 is 2.00 bits per heavy atom. The molecule has 1 unspecified atom stereocenters. The molecule has 5 heteroatoms. The topological polar surface area (TPSA) is 69.4 Å². The van der Waals surface area contributed by atoms with Gasteiger partial charge in [0.05, 0.1) is 12.5 Å². The van der Waals surface area contributed by atoms with Gasteiger partial charge in [0.15, 0.2) is 0 Å². The fraction of sp³-hybridized carbons (Fsp3) is 0.917. The van der Waals surface area contributed by atoms with Gasteiger partial charge >= 0.3 is 5.97 Å². The molecule has 98 valence electrons. The highest BCUT2D eigenvalue weighted by Crippen LogP contribution is 2.43. The molecule has 0 heterocycles. The summed E-state index contributed by atoms with van der Waals surface area (Å²) in [6.07, 6.45) is 4.56. The summed E-state index contributed by atoms with van der Waals surface area (Å²) in [6, 6.07) is 0. The van der Waals surface area contributed by atoms with Gasteiger partial charge < -0.3 is 4.74 Å². The molecule has 0 N–H and O–H groups in total. The van der Waals surface area contributed by atoms with Crippen LogP contribution in [0.5, 0.6) is 0 Å². The molecule has 0 aromatic carbocycles. The molecule has 1 aliphatic rings. The van der Waals surface area contributed by atoms with Crippen LogP contribution in [0.25, 0.3) is 0 Å². The average molecular weight is 243 g/mol. The van der Waals surface area contributed by atoms with Crippen LogP contribution in [-0.4, -0.2) is 24.0 Å². The van der Waals surface area contributed by atoms with Crippen molar-refractivity contribution in [1.82, 2.24) is 0 Å². The zero-order chi connectivity index (χ0) is 12.9. The van der Waals surface area contributed by atoms with Gasteiger partial charge in [0.25, 0.3) is 0 Å². The minimum atomic E-state index is -0.492. The Morgan fingerprint density at radius 1 is 1.41 bits per heavy atom. The first-order valence-corrected chi connectivity index (χ1v) is 6.30. The van der Waals surface area contributed by atoms with Crippen LogP contribution >= 0.6 is 0 Å². The van der Waals surface area contributed by atoms with Crippen molar-refractivity contribution in [3.63, 3.8) is 0 Å². The maximum Gasteiger partial charge on any atom is 0.309 e. The van der Waals surface area contributed by atoms with Gasteiger partial charge in [-0.25, -0.2) is 0 Å². The van der Waals surface area contributed by atoms with Crippen LogP contribution in [0.15, 0.2) is 0 Å². The number of carbonyl (C=O) groups is 1. The summed E-state index contributed by atoms with van der Waals surface area (Å²) in [4.78, 5) is 22.3. The van der Waals surface area contributed by atoms with Gasteiger partial charge in [0, 0.05) is 10.3 Å². The number of hydrogen-bond acceptors (Lipinski definition) is 4. The lowest BCUT2D eigenvalue weighted by Gasteiger charge is -2.37. The fourth-order valence-electron chi connectivity index (χ4n) is 2.76. The van der Waals surface area contributed by atoms with Gasteiger partial charge in [-0.1, -0.05) is 26.2 Å². The van der Waals surface area contributed by atoms with Gasteiger partial charge in [0.1, 0.15) is 0 Å². The third-order valence-electron chi connectivity index (χ3n) is 3.85. The number of hydrogen-bond donors (Lipinski definition) is 0. The van der Waals surface area contributed by atoms with Crippen LogP contribution in [0.2, 0.25) is 0 Å². The molecule has 17 heavy (non-hydrogen) atoms. The molecule has 0 amide bonds. The van der Waals surface area contributed by atoms with Crippen molar-refractivity contribution in [3.8, 4) is 0 Å². The Hall–Kier alpha value is -1.13. The van der Waals surface area contributed by atoms with Crippen molar-refractivity contribution in [1.29, 1.82) is 0 Å². The molecular weight excluding hydrogens is 222 g/mol. The standard InChI is InChI=1S/C12H21NO4/c1-3-17-11(14)10(2)12(9-13(15)16)7-5-4-6-8-12/h10H,3-9H2,1-2H3. The molecule has 1 rings (SSSR count). The van der Waals surface area contributed by atoms with E-state index in [0.29, 0.717) is 6.61 Å². The summed E-state index contributed by atoms with van der Waals surface area (Å²) in [7, 11) is 0. The number of nitrogens with zero attached hydrogens (tertiary/aromatic N) is 1. The second-order valence-corrected chi connectivity index (χ2v) is 4.89. The molecular formula is C12H21NO4. The predicted molar refractivity (Wildman–Crippen MR) is 63.2 cm³/mol. The molecule has 1 atom stereocenters. The molecule has 1 aliphatic carbocycles. The van der Waals surface area contributed by atoms with Crippen molar-refractivity contribution < 1.29 is 14.5 Å². The summed E-state index contributed by atoms with van der Waals surface area (Å²) in [5, 5.41) is 10.8. The Bertz CT molecular complexity index is 284. The van der Waals surface area contributed by atoms with Crippen molar-refractivity contribution in [2.75, 3.05) is 13.2 Å². The SMILES string of the molecule is CCOC(=O)C(C)C1(C[N+](=O)[O-])CCCCC1. The molecule has 0 saturated heterocycles. The average Bonchev–Trinajstić information content (AvgIpc) is 2.28. The highest BCUT2D eigenvalue weighted by atomic mass is 16.6. The van der Waals surface area contributed by atoms with Crippen LogP contribution in [0.4, 0.5) is 0 Å². The van der Waals surface area contributed by atoms with Gasteiger partial charge in [-0.2, -0.15) is 0 Å². The van der Waals surface area contributed by atoms with Gasteiger partial charge in [-0.3, -0.25) is 14.9 Å². The first-order chi connectivity index (χ1) is 8.02. The van der Waals surface area contributed by atoms with E-state index in [1.54, 1.807) is 13.8 Å². The Kier molecular flexibility index (Phi) is 4.90. The zero-order valence-corrected chi connectivity index (χ0v) is 10.6. The maximum absolute atomic E-state index is 11.8. The molecule has 0 aromatic heterocycles. The molecule has 0 radical (unpaired) electrons. The lowest BCUT2D eigenvalue weighted by atomic mass is 9.66. The smallest absolute Gasteiger partial charge is 0.309 e. The second kappa shape index (κ2) is 5.98. The van der Waals surface area contributed by atoms with E-state index in [-0.39, 0.29) is 23.4 Å². The van der Waals surface area contributed by atoms with Crippen LogP contribution in [0.1, 0.15) is 46.0 Å². The van der Waals surface area contributed by atoms with E-state index in [4.69, 9.17) is 4.74 Å². The number of nitro groups is 1. The van der Waals surface area contributed by atoms with Crippen LogP contribution in [0.3, 0.4) is 0 Å². The van der Waals surface area contributed by atoms with Gasteiger partial charge in [-0.15, -0.1) is 0 Å². The van der Waals surface area contributed by atoms with E-state index in [1.807, 2.05) is 0 Å². The highest BCUT2D eigenvalue weighted by Gasteiger charge is 2.45. The van der Waals surface area contributed by atoms with E-state index in [1.165, 1.54) is 0 Å². The third-order valence-corrected chi connectivity index (χ3v) is 3.85. The molecule has 1 fully saturated rings. The summed E-state index contributed by atoms with van der Waals surface area (Å²) >= 11 is 0. The normalized spacial score (nSPS) is 20.6. The van der Waals surface area contributed by atoms with E-state index in [9.17, 15) is 14.9 Å². The Balaban J connectivity index is 2.80. The minimum absolute atomic E-state index is 0.118. The summed E-state index contributed by atoms with van der Waals surface area (Å²) in [5.41, 5.74) is -0.492. The number of rotatable bonds is 5. The summed E-state index contributed by atoms with van der Waals surface area (Å²) < 4.78 is 5.00. The molecule has 0 bridgehead atoms. The first-order valence-electron chi connectivity index (χ1n) is 6.30. The van der Waals surface area contributed by atoms with Crippen LogP contribution < -0.4 is 0 Å². The molecule has 0 aromatic rings. The fourth-order valence-corrected chi connectivity index (χ4v) is 2.76. The van der Waals surface area contributed by atoms with E-state index >= 15 is 0 Å². The van der Waals surface area contributed by atoms with Crippen molar-refractivity contribution in [3.05, 3.63) is 10.1 Å². The third kappa shape index (κ3) is 3.41. The lowest BCUT2D eigenvalue weighted by Crippen LogP contribution is -2.42. The van der Waals surface area contributed by atoms with Crippen molar-refractivity contribution in [2.45, 2.75) is 46.0 Å². The molecule has 0 spiro atoms. The van der Waals surface area contributed by atoms with Gasteiger partial charge in [0.2, 0.25) is 6.54 Å². The first kappa shape index (κ1) is 13.9. The van der Waals surface area contributed by atoms with E-state index in [2.05, 4.69) is 0 Å².